The van der Waals surface area contributed by atoms with E-state index in [1.807, 2.05) is 20.8 Å². The molecule has 0 aromatic rings. The van der Waals surface area contributed by atoms with Crippen LogP contribution in [0.4, 0.5) is 0 Å². The molecular formula is C5H13NS. The second-order valence-electron chi connectivity index (χ2n) is 2.50. The van der Waals surface area contributed by atoms with Crippen molar-refractivity contribution in [3.05, 3.63) is 0 Å². The zero-order valence-electron chi connectivity index (χ0n) is 5.10. The molecule has 1 unspecified atom stereocenters. The van der Waals surface area contributed by atoms with E-state index in [2.05, 4.69) is 12.6 Å². The van der Waals surface area contributed by atoms with E-state index in [9.17, 15) is 0 Å². The Morgan fingerprint density at radius 2 is 1.71 bits per heavy atom. The van der Waals surface area contributed by atoms with Crippen LogP contribution < -0.4 is 5.73 Å². The Balaban J connectivity index is 3.54. The van der Waals surface area contributed by atoms with Crippen molar-refractivity contribution in [2.24, 2.45) is 5.73 Å². The molecule has 0 aliphatic carbocycles. The highest BCUT2D eigenvalue weighted by Crippen LogP contribution is 2.08. The molecule has 2 heteroatoms. The van der Waals surface area contributed by atoms with E-state index < -0.39 is 0 Å². The molecule has 0 aromatic heterocycles. The second-order valence-corrected chi connectivity index (χ2v) is 3.27. The first-order valence-electron chi connectivity index (χ1n) is 2.41. The molecule has 0 saturated heterocycles. The second kappa shape index (κ2) is 2.05. The normalized spacial score (nSPS) is 16.7. The zero-order valence-corrected chi connectivity index (χ0v) is 6.00. The topological polar surface area (TPSA) is 26.0 Å². The monoisotopic (exact) mass is 119 g/mol. The van der Waals surface area contributed by atoms with E-state index in [1.165, 1.54) is 0 Å². The third-order valence-corrected chi connectivity index (χ3v) is 1.74. The molecule has 0 rings (SSSR count). The van der Waals surface area contributed by atoms with Gasteiger partial charge in [-0.3, -0.25) is 0 Å². The van der Waals surface area contributed by atoms with Crippen LogP contribution in [0.15, 0.2) is 0 Å². The molecule has 0 aliphatic rings. The van der Waals surface area contributed by atoms with Crippen molar-refractivity contribution in [1.29, 1.82) is 0 Å². The lowest BCUT2D eigenvalue weighted by Gasteiger charge is -2.21. The van der Waals surface area contributed by atoms with Gasteiger partial charge in [-0.1, -0.05) is 6.92 Å². The van der Waals surface area contributed by atoms with Gasteiger partial charge in [0.2, 0.25) is 0 Å². The van der Waals surface area contributed by atoms with Crippen molar-refractivity contribution in [1.82, 2.24) is 0 Å². The largest absolute Gasteiger partial charge is 0.325 e. The fourth-order valence-electron chi connectivity index (χ4n) is 0. The maximum atomic E-state index is 5.60. The van der Waals surface area contributed by atoms with Gasteiger partial charge in [-0.2, -0.15) is 12.6 Å². The van der Waals surface area contributed by atoms with Crippen LogP contribution in [0.3, 0.4) is 0 Å². The Labute approximate surface area is 50.7 Å². The summed E-state index contributed by atoms with van der Waals surface area (Å²) in [7, 11) is 0. The van der Waals surface area contributed by atoms with Crippen LogP contribution in [0.1, 0.15) is 20.8 Å². The van der Waals surface area contributed by atoms with Gasteiger partial charge in [-0.15, -0.1) is 0 Å². The average Bonchev–Trinajstić information content (AvgIpc) is 1.31. The van der Waals surface area contributed by atoms with E-state index in [1.54, 1.807) is 0 Å². The molecule has 1 atom stereocenters. The van der Waals surface area contributed by atoms with E-state index in [0.29, 0.717) is 0 Å². The molecular weight excluding hydrogens is 106 g/mol. The quantitative estimate of drug-likeness (QED) is 0.496. The molecule has 0 fully saturated rings. The summed E-state index contributed by atoms with van der Waals surface area (Å²) in [5.41, 5.74) is 5.47. The van der Waals surface area contributed by atoms with E-state index in [4.69, 9.17) is 5.73 Å². The molecule has 7 heavy (non-hydrogen) atoms. The summed E-state index contributed by atoms with van der Waals surface area (Å²) in [6.45, 7) is 5.92. The van der Waals surface area contributed by atoms with Crippen molar-refractivity contribution in [3.63, 3.8) is 0 Å². The lowest BCUT2D eigenvalue weighted by atomic mass is 10.0. The van der Waals surface area contributed by atoms with Crippen LogP contribution in [-0.4, -0.2) is 10.8 Å². The van der Waals surface area contributed by atoms with Crippen LogP contribution in [0.5, 0.6) is 0 Å². The fourth-order valence-corrected chi connectivity index (χ4v) is 0. The molecule has 2 N–H and O–H groups in total. The first-order valence-corrected chi connectivity index (χ1v) is 2.93. The van der Waals surface area contributed by atoms with Crippen LogP contribution in [0.2, 0.25) is 0 Å². The van der Waals surface area contributed by atoms with Gasteiger partial charge in [0.15, 0.2) is 0 Å². The van der Waals surface area contributed by atoms with Crippen molar-refractivity contribution in [3.8, 4) is 0 Å². The predicted molar refractivity (Wildman–Crippen MR) is 36.7 cm³/mol. The summed E-state index contributed by atoms with van der Waals surface area (Å²) in [5.74, 6) is 0. The van der Waals surface area contributed by atoms with Crippen molar-refractivity contribution in [2.45, 2.75) is 31.6 Å². The predicted octanol–water partition coefficient (Wildman–Crippen LogP) is 1.04. The Kier molecular flexibility index (Phi) is 2.14. The van der Waals surface area contributed by atoms with Crippen LogP contribution in [0.25, 0.3) is 0 Å². The molecule has 0 heterocycles. The standard InChI is InChI=1S/C5H13NS/c1-4(7)5(2,3)6/h4,7H,6H2,1-3H3. The van der Waals surface area contributed by atoms with Crippen LogP contribution in [-0.2, 0) is 0 Å². The van der Waals surface area contributed by atoms with Gasteiger partial charge in [0.05, 0.1) is 0 Å². The first-order chi connectivity index (χ1) is 2.94. The van der Waals surface area contributed by atoms with Gasteiger partial charge in [0.1, 0.15) is 0 Å². The molecule has 1 nitrogen and oxygen atoms in total. The fraction of sp³-hybridized carbons (Fsp3) is 1.00. The van der Waals surface area contributed by atoms with Crippen molar-refractivity contribution < 1.29 is 0 Å². The van der Waals surface area contributed by atoms with Gasteiger partial charge in [0.25, 0.3) is 0 Å². The van der Waals surface area contributed by atoms with Crippen LogP contribution >= 0.6 is 12.6 Å². The molecule has 0 aromatic carbocycles. The van der Waals surface area contributed by atoms with E-state index >= 15 is 0 Å². The first kappa shape index (κ1) is 7.31. The average molecular weight is 119 g/mol. The Morgan fingerprint density at radius 3 is 1.71 bits per heavy atom. The minimum absolute atomic E-state index is 0.136. The molecule has 0 spiro atoms. The maximum absolute atomic E-state index is 5.60. The summed E-state index contributed by atoms with van der Waals surface area (Å²) >= 11 is 4.15. The van der Waals surface area contributed by atoms with Gasteiger partial charge in [0, 0.05) is 10.8 Å². The minimum Gasteiger partial charge on any atom is -0.325 e. The molecule has 0 saturated carbocycles. The smallest absolute Gasteiger partial charge is 0.0212 e. The molecule has 0 aliphatic heterocycles. The third kappa shape index (κ3) is 2.94. The van der Waals surface area contributed by atoms with Gasteiger partial charge in [-0.25, -0.2) is 0 Å². The Morgan fingerprint density at radius 1 is 1.57 bits per heavy atom. The zero-order chi connectivity index (χ0) is 6.08. The van der Waals surface area contributed by atoms with E-state index in [0.717, 1.165) is 0 Å². The highest BCUT2D eigenvalue weighted by atomic mass is 32.1. The van der Waals surface area contributed by atoms with Gasteiger partial charge in [-0.05, 0) is 13.8 Å². The summed E-state index contributed by atoms with van der Waals surface area (Å²) in [6.07, 6.45) is 0. The number of thiol groups is 1. The summed E-state index contributed by atoms with van der Waals surface area (Å²) in [5, 5.41) is 0.271. The van der Waals surface area contributed by atoms with Crippen LogP contribution in [0, 0.1) is 0 Å². The van der Waals surface area contributed by atoms with Crippen molar-refractivity contribution >= 4 is 12.6 Å². The summed E-state index contributed by atoms with van der Waals surface area (Å²) in [6, 6.07) is 0. The molecule has 0 amide bonds. The Bertz CT molecular complexity index is 53.6. The lowest BCUT2D eigenvalue weighted by molar-refractivity contribution is 0.517. The number of nitrogens with two attached hydrogens (primary N) is 1. The number of hydrogen-bond acceptors (Lipinski definition) is 2. The maximum Gasteiger partial charge on any atom is 0.0212 e. The lowest BCUT2D eigenvalue weighted by Crippen LogP contribution is -2.40. The van der Waals surface area contributed by atoms with E-state index in [-0.39, 0.29) is 10.8 Å². The highest BCUT2D eigenvalue weighted by molar-refractivity contribution is 7.81. The molecule has 0 bridgehead atoms. The third-order valence-electron chi connectivity index (χ3n) is 1.08. The van der Waals surface area contributed by atoms with Gasteiger partial charge < -0.3 is 5.73 Å². The van der Waals surface area contributed by atoms with Gasteiger partial charge >= 0.3 is 0 Å². The van der Waals surface area contributed by atoms with Crippen molar-refractivity contribution in [2.75, 3.05) is 0 Å². The minimum atomic E-state index is -0.136. The number of hydrogen-bond donors (Lipinski definition) is 2. The highest BCUT2D eigenvalue weighted by Gasteiger charge is 2.15. The summed E-state index contributed by atoms with van der Waals surface area (Å²) in [4.78, 5) is 0. The Hall–Kier alpha value is 0.310. The summed E-state index contributed by atoms with van der Waals surface area (Å²) < 4.78 is 0. The SMILES string of the molecule is CC(S)C(C)(C)N. The number of rotatable bonds is 1. The molecule has 0 radical (unpaired) electrons. The molecule has 44 valence electrons.